The number of nitrogens with zero attached hydrogens (tertiary/aromatic N) is 1. The van der Waals surface area contributed by atoms with Crippen LogP contribution in [-0.4, -0.2) is 124 Å². The van der Waals surface area contributed by atoms with E-state index >= 15 is 4.79 Å². The first-order chi connectivity index (χ1) is 27.1. The van der Waals surface area contributed by atoms with E-state index in [0.29, 0.717) is 5.56 Å². The number of Topliss-reactive ketones (excluding diaryl/α,β-unsaturated/α-hetero) is 3. The highest BCUT2D eigenvalue weighted by atomic mass is 35.5. The molecule has 0 spiro atoms. The predicted octanol–water partition coefficient (Wildman–Crippen LogP) is 1.03. The molecule has 0 bridgehead atoms. The molecule has 8 atom stereocenters. The fourth-order valence-electron chi connectivity index (χ4n) is 8.65. The molecule has 308 valence electrons. The molecular weight excluding hydrogens is 784 g/mol. The number of aliphatic hydroxyl groups is 4. The molecule has 58 heavy (non-hydrogen) atoms. The molecule has 1 aliphatic heterocycles. The summed E-state index contributed by atoms with van der Waals surface area (Å²) < 4.78 is 28.1. The number of carbonyl (C=O) groups is 5. The fourth-order valence-corrected chi connectivity index (χ4v) is 8.65. The summed E-state index contributed by atoms with van der Waals surface area (Å²) in [5.74, 6) is -7.96. The Kier molecular flexibility index (Phi) is 11.4. The van der Waals surface area contributed by atoms with Crippen LogP contribution < -0.4 is 10.1 Å². The summed E-state index contributed by atoms with van der Waals surface area (Å²) in [5, 5.41) is 60.1. The molecule has 1 fully saturated rings. The number of allylic oxidation sites excluding steroid dienone is 2. The lowest BCUT2D eigenvalue weighted by Gasteiger charge is -2.53. The van der Waals surface area contributed by atoms with Crippen molar-refractivity contribution in [2.75, 3.05) is 27.9 Å². The van der Waals surface area contributed by atoms with Gasteiger partial charge in [0.15, 0.2) is 17.0 Å². The van der Waals surface area contributed by atoms with E-state index in [1.54, 1.807) is 26.0 Å². The van der Waals surface area contributed by atoms with Crippen LogP contribution in [0.3, 0.4) is 0 Å². The Morgan fingerprint density at radius 1 is 1.07 bits per heavy atom. The number of benzene rings is 2. The van der Waals surface area contributed by atoms with Crippen molar-refractivity contribution in [3.63, 3.8) is 0 Å². The molecule has 0 radical (unpaired) electrons. The maximum absolute atomic E-state index is 15.1. The second kappa shape index (κ2) is 15.6. The van der Waals surface area contributed by atoms with E-state index in [-0.39, 0.29) is 41.5 Å². The van der Waals surface area contributed by atoms with Crippen molar-refractivity contribution in [2.24, 2.45) is 5.92 Å². The summed E-state index contributed by atoms with van der Waals surface area (Å²) in [5.41, 5.74) is -8.86. The third kappa shape index (κ3) is 5.95. The van der Waals surface area contributed by atoms with Crippen LogP contribution in [0, 0.1) is 12.8 Å². The second-order valence-corrected chi connectivity index (χ2v) is 14.4. The molecule has 1 aromatic heterocycles. The zero-order valence-corrected chi connectivity index (χ0v) is 32.6. The molecular formula is C40H41ClN2O15. The number of halogens is 1. The summed E-state index contributed by atoms with van der Waals surface area (Å²) in [4.78, 5) is 75.1. The molecule has 0 amide bonds. The van der Waals surface area contributed by atoms with Crippen molar-refractivity contribution in [1.29, 1.82) is 0 Å². The first kappa shape index (κ1) is 42.5. The van der Waals surface area contributed by atoms with E-state index in [1.807, 2.05) is 0 Å². The van der Waals surface area contributed by atoms with Crippen LogP contribution in [0.4, 0.5) is 0 Å². The zero-order valence-electron chi connectivity index (χ0n) is 31.8. The van der Waals surface area contributed by atoms with Crippen LogP contribution in [-0.2, 0) is 37.6 Å². The highest BCUT2D eigenvalue weighted by Crippen LogP contribution is 2.57. The molecule has 1 saturated heterocycles. The number of phenolic OH excluding ortho intramolecular Hbond substituents is 1. The maximum atomic E-state index is 15.1. The summed E-state index contributed by atoms with van der Waals surface area (Å²) in [7, 11) is 3.43. The van der Waals surface area contributed by atoms with Gasteiger partial charge in [-0.05, 0) is 37.1 Å². The average molecular weight is 825 g/mol. The number of methoxy groups -OCH3 is 3. The lowest BCUT2D eigenvalue weighted by atomic mass is 9.56. The van der Waals surface area contributed by atoms with E-state index in [4.69, 9.17) is 23.7 Å². The number of ether oxygens (including phenoxy) is 5. The number of carbonyl (C=O) groups excluding carboxylic acids is 5. The second-order valence-electron chi connectivity index (χ2n) is 14.4. The minimum Gasteiger partial charge on any atom is -0.506 e. The van der Waals surface area contributed by atoms with E-state index in [9.17, 15) is 44.7 Å². The van der Waals surface area contributed by atoms with Gasteiger partial charge in [0.2, 0.25) is 17.3 Å². The van der Waals surface area contributed by atoms with Crippen LogP contribution in [0.5, 0.6) is 11.5 Å². The number of aryl methyl sites for hydroxylation is 1. The maximum Gasteiger partial charge on any atom is 0.341 e. The van der Waals surface area contributed by atoms with Crippen molar-refractivity contribution >= 4 is 41.5 Å². The van der Waals surface area contributed by atoms with Crippen molar-refractivity contribution in [2.45, 2.75) is 68.7 Å². The number of hydrogen-bond acceptors (Lipinski definition) is 17. The SMILES string of the molecule is COC(=O)c1c(C)cc2c(c1OCc1cccnc1)[C@]1(O)C(=O)c3cc4c(c(O)c3C(=O)[C@]1(OC)[C@H](O)C2)C(=O)C=C(N[C@H]1O[C@@H](C)[C@H](OC)[C@@H](O)[C@H]1CO)C4=O.Cl. The van der Waals surface area contributed by atoms with Gasteiger partial charge in [-0.1, -0.05) is 12.1 Å². The van der Waals surface area contributed by atoms with Gasteiger partial charge in [0, 0.05) is 61.4 Å². The van der Waals surface area contributed by atoms with E-state index in [0.717, 1.165) is 26.4 Å². The fraction of sp³-hybridized carbons (Fsp3) is 0.400. The number of nitrogens with one attached hydrogen (secondary N) is 1. The number of rotatable bonds is 9. The average Bonchev–Trinajstić information content (AvgIpc) is 3.18. The van der Waals surface area contributed by atoms with Crippen molar-refractivity contribution < 1.29 is 73.2 Å². The molecule has 17 nitrogen and oxygen atoms in total. The lowest BCUT2D eigenvalue weighted by Crippen LogP contribution is -2.73. The number of esters is 1. The minimum absolute atomic E-state index is 0. The lowest BCUT2D eigenvalue weighted by molar-refractivity contribution is -0.214. The molecule has 2 heterocycles. The smallest absolute Gasteiger partial charge is 0.341 e. The van der Waals surface area contributed by atoms with Gasteiger partial charge in [-0.15, -0.1) is 12.4 Å². The van der Waals surface area contributed by atoms with Crippen LogP contribution in [0.1, 0.15) is 81.0 Å². The largest absolute Gasteiger partial charge is 0.506 e. The number of aromatic hydroxyl groups is 1. The monoisotopic (exact) mass is 824 g/mol. The topological polar surface area (TPSA) is 258 Å². The predicted molar refractivity (Wildman–Crippen MR) is 200 cm³/mol. The Morgan fingerprint density at radius 2 is 1.79 bits per heavy atom. The van der Waals surface area contributed by atoms with Crippen LogP contribution >= 0.6 is 12.4 Å². The van der Waals surface area contributed by atoms with Gasteiger partial charge in [0.05, 0.1) is 54.8 Å². The Labute approximate surface area is 336 Å². The molecule has 18 heteroatoms. The van der Waals surface area contributed by atoms with Gasteiger partial charge in [0.1, 0.15) is 36.0 Å². The number of aliphatic hydroxyl groups excluding tert-OH is 3. The number of phenols is 1. The molecule has 0 unspecified atom stereocenters. The minimum atomic E-state index is -3.19. The Morgan fingerprint density at radius 3 is 2.41 bits per heavy atom. The van der Waals surface area contributed by atoms with Gasteiger partial charge in [-0.25, -0.2) is 4.79 Å². The molecule has 3 aromatic rings. The Bertz CT molecular complexity index is 2260. The van der Waals surface area contributed by atoms with Gasteiger partial charge >= 0.3 is 5.97 Å². The van der Waals surface area contributed by atoms with Crippen molar-refractivity contribution in [1.82, 2.24) is 10.3 Å². The molecule has 2 aromatic carbocycles. The number of aromatic nitrogens is 1. The summed E-state index contributed by atoms with van der Waals surface area (Å²) in [6.45, 7) is 2.29. The number of pyridine rings is 1. The Balaban J connectivity index is 0.00000567. The molecule has 7 rings (SSSR count). The normalized spacial score (nSPS) is 28.6. The van der Waals surface area contributed by atoms with Gasteiger partial charge < -0.3 is 54.5 Å². The third-order valence-electron chi connectivity index (χ3n) is 11.4. The van der Waals surface area contributed by atoms with Gasteiger partial charge in [0.25, 0.3) is 0 Å². The quantitative estimate of drug-likeness (QED) is 0.165. The van der Waals surface area contributed by atoms with E-state index < -0.39 is 129 Å². The number of ketones is 4. The number of fused-ring (bicyclic) bond motifs is 5. The van der Waals surface area contributed by atoms with Crippen LogP contribution in [0.25, 0.3) is 0 Å². The summed E-state index contributed by atoms with van der Waals surface area (Å²) in [6.07, 6.45) is -2.55. The van der Waals surface area contributed by atoms with Crippen molar-refractivity contribution in [3.8, 4) is 11.5 Å². The van der Waals surface area contributed by atoms with Crippen LogP contribution in [0.2, 0.25) is 0 Å². The Hall–Kier alpha value is -5.11. The third-order valence-corrected chi connectivity index (χ3v) is 11.4. The summed E-state index contributed by atoms with van der Waals surface area (Å²) >= 11 is 0. The molecule has 0 saturated carbocycles. The zero-order chi connectivity index (χ0) is 41.3. The molecule has 4 aliphatic rings. The van der Waals surface area contributed by atoms with Crippen LogP contribution in [0.15, 0.2) is 48.4 Å². The van der Waals surface area contributed by atoms with E-state index in [1.165, 1.54) is 25.6 Å². The number of hydrogen-bond donors (Lipinski definition) is 6. The first-order valence-corrected chi connectivity index (χ1v) is 17.9. The first-order valence-electron chi connectivity index (χ1n) is 17.9. The standard InChI is InChI=1S/C40H40N2O15.ClH/c1-16-9-19-10-25(45)40(55-5)36(50)28-21(35(49)39(40,52)29(19)34(26(16)38(51)54-4)56-15-18-7-6-8-41-13-18)11-20-27(32(28)48)24(44)12-23(30(20)46)42-37-22(14-43)31(47)33(53-3)17(2)57-37;/h6-9,11-13,17,22,25,31,33,37,42-43,45,47-48,52H,10,14-15H2,1-5H3;1H/t17-,22+,25+,31-,33-,37-,39-,40+;/m0./s1. The van der Waals surface area contributed by atoms with Gasteiger partial charge in [-0.3, -0.25) is 24.2 Å². The highest BCUT2D eigenvalue weighted by molar-refractivity contribution is 6.31. The van der Waals surface area contributed by atoms with Crippen molar-refractivity contribution in [3.05, 3.63) is 98.5 Å². The molecule has 6 N–H and O–H groups in total. The van der Waals surface area contributed by atoms with E-state index in [2.05, 4.69) is 10.3 Å². The highest BCUT2D eigenvalue weighted by Gasteiger charge is 2.73. The van der Waals surface area contributed by atoms with Gasteiger partial charge in [-0.2, -0.15) is 0 Å². The molecule has 3 aliphatic carbocycles. The summed E-state index contributed by atoms with van der Waals surface area (Å²) in [6, 6.07) is 5.62.